The number of pyridine rings is 1. The summed E-state index contributed by atoms with van der Waals surface area (Å²) in [4.78, 5) is 18.0. The summed E-state index contributed by atoms with van der Waals surface area (Å²) in [6, 6.07) is 3.74. The van der Waals surface area contributed by atoms with Crippen molar-refractivity contribution >= 4 is 16.8 Å². The molecule has 1 aliphatic rings. The smallest absolute Gasteiger partial charge is 0.317 e. The summed E-state index contributed by atoms with van der Waals surface area (Å²) < 4.78 is 12.2. The third kappa shape index (κ3) is 4.53. The molecule has 2 amide bonds. The fraction of sp³-hybridized carbons (Fsp3) is 0.625. The van der Waals surface area contributed by atoms with E-state index < -0.39 is 10.8 Å². The molecule has 22 heavy (non-hydrogen) atoms. The summed E-state index contributed by atoms with van der Waals surface area (Å²) in [7, 11) is 0.930. The molecule has 0 spiro atoms. The van der Waals surface area contributed by atoms with Crippen LogP contribution >= 0.6 is 0 Å². The second-order valence-corrected chi connectivity index (χ2v) is 7.70. The molecule has 1 aromatic rings. The van der Waals surface area contributed by atoms with E-state index in [4.69, 9.17) is 0 Å². The van der Waals surface area contributed by atoms with Crippen LogP contribution < -0.4 is 5.32 Å². The molecular weight excluding hydrogens is 298 g/mol. The van der Waals surface area contributed by atoms with Crippen molar-refractivity contribution in [1.29, 1.82) is 0 Å². The lowest BCUT2D eigenvalue weighted by Gasteiger charge is -2.32. The largest absolute Gasteiger partial charge is 0.334 e. The first-order valence-electron chi connectivity index (χ1n) is 7.89. The average Bonchev–Trinajstić information content (AvgIpc) is 2.55. The Balaban J connectivity index is 1.93. The van der Waals surface area contributed by atoms with Gasteiger partial charge in [0.2, 0.25) is 0 Å². The molecule has 1 N–H and O–H groups in total. The molecule has 5 nitrogen and oxygen atoms in total. The SMILES string of the molecule is CC[S@@](=O)[C@H]1CCCC[C@@H]1NC(=O)N(C)Cc1ccncc1. The van der Waals surface area contributed by atoms with Crippen LogP contribution in [0.4, 0.5) is 4.79 Å². The van der Waals surface area contributed by atoms with Gasteiger partial charge in [-0.05, 0) is 30.5 Å². The minimum absolute atomic E-state index is 0.0296. The van der Waals surface area contributed by atoms with E-state index in [2.05, 4.69) is 10.3 Å². The van der Waals surface area contributed by atoms with Crippen LogP contribution in [0.2, 0.25) is 0 Å². The van der Waals surface area contributed by atoms with Crippen LogP contribution in [0.3, 0.4) is 0 Å². The molecule has 0 aliphatic heterocycles. The lowest BCUT2D eigenvalue weighted by atomic mass is 9.95. The maximum Gasteiger partial charge on any atom is 0.317 e. The molecule has 0 aromatic carbocycles. The third-order valence-corrected chi connectivity index (χ3v) is 5.96. The van der Waals surface area contributed by atoms with Gasteiger partial charge in [0, 0.05) is 48.6 Å². The summed E-state index contributed by atoms with van der Waals surface area (Å²) >= 11 is 0. The van der Waals surface area contributed by atoms with Crippen molar-refractivity contribution in [1.82, 2.24) is 15.2 Å². The van der Waals surface area contributed by atoms with Crippen molar-refractivity contribution in [2.75, 3.05) is 12.8 Å². The van der Waals surface area contributed by atoms with Crippen LogP contribution in [0.1, 0.15) is 38.2 Å². The predicted octanol–water partition coefficient (Wildman–Crippen LogP) is 2.30. The van der Waals surface area contributed by atoms with Crippen molar-refractivity contribution < 1.29 is 9.00 Å². The normalized spacial score (nSPS) is 22.8. The molecule has 1 heterocycles. The molecule has 1 fully saturated rings. The van der Waals surface area contributed by atoms with Gasteiger partial charge in [-0.2, -0.15) is 0 Å². The average molecular weight is 323 g/mol. The second kappa shape index (κ2) is 8.27. The lowest BCUT2D eigenvalue weighted by molar-refractivity contribution is 0.199. The third-order valence-electron chi connectivity index (χ3n) is 4.15. The molecule has 0 bridgehead atoms. The van der Waals surface area contributed by atoms with Gasteiger partial charge in [0.25, 0.3) is 0 Å². The lowest BCUT2D eigenvalue weighted by Crippen LogP contribution is -2.50. The van der Waals surface area contributed by atoms with Crippen LogP contribution in [0.5, 0.6) is 0 Å². The quantitative estimate of drug-likeness (QED) is 0.904. The molecule has 1 aromatic heterocycles. The van der Waals surface area contributed by atoms with Gasteiger partial charge in [-0.15, -0.1) is 0 Å². The summed E-state index contributed by atoms with van der Waals surface area (Å²) in [6.45, 7) is 2.49. The fourth-order valence-corrected chi connectivity index (χ4v) is 4.32. The molecular formula is C16H25N3O2S. The van der Waals surface area contributed by atoms with Gasteiger partial charge in [-0.3, -0.25) is 9.19 Å². The van der Waals surface area contributed by atoms with Crippen LogP contribution in [-0.2, 0) is 17.3 Å². The highest BCUT2D eigenvalue weighted by Crippen LogP contribution is 2.23. The van der Waals surface area contributed by atoms with Crippen molar-refractivity contribution in [2.24, 2.45) is 0 Å². The van der Waals surface area contributed by atoms with Crippen molar-refractivity contribution in [2.45, 2.75) is 50.4 Å². The summed E-state index contributed by atoms with van der Waals surface area (Å²) in [5.74, 6) is 0.657. The van der Waals surface area contributed by atoms with E-state index in [1.807, 2.05) is 19.1 Å². The maximum atomic E-state index is 12.4. The first kappa shape index (κ1) is 16.9. The Morgan fingerprint density at radius 3 is 2.73 bits per heavy atom. The van der Waals surface area contributed by atoms with Crippen LogP contribution in [0.15, 0.2) is 24.5 Å². The van der Waals surface area contributed by atoms with E-state index >= 15 is 0 Å². The number of amides is 2. The molecule has 0 unspecified atom stereocenters. The Hall–Kier alpha value is -1.43. The zero-order chi connectivity index (χ0) is 15.9. The zero-order valence-electron chi connectivity index (χ0n) is 13.3. The van der Waals surface area contributed by atoms with E-state index in [0.717, 1.165) is 31.2 Å². The Kier molecular flexibility index (Phi) is 6.36. The minimum atomic E-state index is -0.853. The van der Waals surface area contributed by atoms with Gasteiger partial charge < -0.3 is 10.2 Å². The number of nitrogens with zero attached hydrogens (tertiary/aromatic N) is 2. The summed E-state index contributed by atoms with van der Waals surface area (Å²) in [5.41, 5.74) is 1.05. The molecule has 1 aliphatic carbocycles. The number of carbonyl (C=O) groups is 1. The molecule has 2 rings (SSSR count). The topological polar surface area (TPSA) is 62.3 Å². The molecule has 3 atom stereocenters. The maximum absolute atomic E-state index is 12.4. The van der Waals surface area contributed by atoms with Crippen LogP contribution in [0.25, 0.3) is 0 Å². The van der Waals surface area contributed by atoms with Gasteiger partial charge >= 0.3 is 6.03 Å². The molecule has 122 valence electrons. The van der Waals surface area contributed by atoms with Crippen LogP contribution in [0, 0.1) is 0 Å². The van der Waals surface area contributed by atoms with E-state index in [-0.39, 0.29) is 17.3 Å². The van der Waals surface area contributed by atoms with E-state index in [1.54, 1.807) is 24.3 Å². The fourth-order valence-electron chi connectivity index (χ4n) is 2.89. The van der Waals surface area contributed by atoms with Crippen molar-refractivity contribution in [3.63, 3.8) is 0 Å². The summed E-state index contributed by atoms with van der Waals surface area (Å²) in [5, 5.41) is 3.18. The number of rotatable bonds is 5. The Bertz CT molecular complexity index is 509. The van der Waals surface area contributed by atoms with E-state index in [0.29, 0.717) is 12.3 Å². The number of urea groups is 1. The standard InChI is InChI=1S/C16H25N3O2S/c1-3-22(21)15-7-5-4-6-14(15)18-16(20)19(2)12-13-8-10-17-11-9-13/h8-11,14-15H,3-7,12H2,1-2H3,(H,18,20)/t14-,15-,22+/m0/s1. The van der Waals surface area contributed by atoms with Crippen LogP contribution in [-0.4, -0.2) is 44.2 Å². The molecule has 0 saturated heterocycles. The predicted molar refractivity (Wildman–Crippen MR) is 89.0 cm³/mol. The highest BCUT2D eigenvalue weighted by molar-refractivity contribution is 7.85. The molecule has 0 radical (unpaired) electrons. The molecule has 6 heteroatoms. The minimum Gasteiger partial charge on any atom is -0.334 e. The van der Waals surface area contributed by atoms with Gasteiger partial charge in [-0.1, -0.05) is 19.8 Å². The first-order valence-corrected chi connectivity index (χ1v) is 9.27. The number of nitrogens with one attached hydrogen (secondary N) is 1. The second-order valence-electron chi connectivity index (χ2n) is 5.76. The van der Waals surface area contributed by atoms with Crippen molar-refractivity contribution in [3.8, 4) is 0 Å². The Labute approximate surface area is 135 Å². The van der Waals surface area contributed by atoms with E-state index in [1.165, 1.54) is 0 Å². The molecule has 1 saturated carbocycles. The number of hydrogen-bond donors (Lipinski definition) is 1. The highest BCUT2D eigenvalue weighted by Gasteiger charge is 2.30. The monoisotopic (exact) mass is 323 g/mol. The zero-order valence-corrected chi connectivity index (χ0v) is 14.1. The highest BCUT2D eigenvalue weighted by atomic mass is 32.2. The Morgan fingerprint density at radius 1 is 1.36 bits per heavy atom. The number of carbonyl (C=O) groups excluding carboxylic acids is 1. The Morgan fingerprint density at radius 2 is 2.05 bits per heavy atom. The van der Waals surface area contributed by atoms with Gasteiger partial charge in [0.15, 0.2) is 0 Å². The summed E-state index contributed by atoms with van der Waals surface area (Å²) in [6.07, 6.45) is 7.52. The number of aromatic nitrogens is 1. The first-order chi connectivity index (χ1) is 10.6. The number of hydrogen-bond acceptors (Lipinski definition) is 3. The van der Waals surface area contributed by atoms with Gasteiger partial charge in [-0.25, -0.2) is 4.79 Å². The van der Waals surface area contributed by atoms with Gasteiger partial charge in [0.05, 0.1) is 5.25 Å². The van der Waals surface area contributed by atoms with Crippen molar-refractivity contribution in [3.05, 3.63) is 30.1 Å². The van der Waals surface area contributed by atoms with E-state index in [9.17, 15) is 9.00 Å². The van der Waals surface area contributed by atoms with Gasteiger partial charge in [0.1, 0.15) is 0 Å².